The van der Waals surface area contributed by atoms with Crippen LogP contribution in [0.3, 0.4) is 0 Å². The standard InChI is InChI=1S/C21H21N3O2S/c1-14(16-9-10-16)23-21(26)18-7-2-3-8-19(18)27-13-20(25)24-17-6-4-5-15(11-17)12-22/h2-8,11,14,16H,9-10,13H2,1H3,(H,23,26)(H,24,25). The van der Waals surface area contributed by atoms with E-state index in [1.165, 1.54) is 24.6 Å². The lowest BCUT2D eigenvalue weighted by Crippen LogP contribution is -2.34. The average Bonchev–Trinajstić information content (AvgIpc) is 3.52. The second kappa shape index (κ2) is 8.74. The minimum Gasteiger partial charge on any atom is -0.349 e. The maximum absolute atomic E-state index is 12.6. The van der Waals surface area contributed by atoms with Crippen molar-refractivity contribution >= 4 is 29.3 Å². The summed E-state index contributed by atoms with van der Waals surface area (Å²) in [5.74, 6) is 0.485. The van der Waals surface area contributed by atoms with Crippen LogP contribution in [0.1, 0.15) is 35.7 Å². The van der Waals surface area contributed by atoms with Gasteiger partial charge in [-0.2, -0.15) is 5.26 Å². The molecule has 5 nitrogen and oxygen atoms in total. The van der Waals surface area contributed by atoms with E-state index >= 15 is 0 Å². The molecule has 1 aliphatic carbocycles. The third-order valence-electron chi connectivity index (χ3n) is 4.45. The van der Waals surface area contributed by atoms with Gasteiger partial charge in [0.1, 0.15) is 0 Å². The molecule has 0 aromatic heterocycles. The molecule has 1 saturated carbocycles. The van der Waals surface area contributed by atoms with Crippen molar-refractivity contribution in [3.8, 4) is 6.07 Å². The van der Waals surface area contributed by atoms with Gasteiger partial charge in [-0.05, 0) is 56.0 Å². The normalized spacial score (nSPS) is 14.1. The molecule has 2 N–H and O–H groups in total. The van der Waals surface area contributed by atoms with E-state index in [1.54, 1.807) is 30.3 Å². The molecule has 2 aromatic rings. The fourth-order valence-corrected chi connectivity index (χ4v) is 3.64. The van der Waals surface area contributed by atoms with Gasteiger partial charge in [0.05, 0.1) is 22.9 Å². The maximum Gasteiger partial charge on any atom is 0.252 e. The van der Waals surface area contributed by atoms with Gasteiger partial charge in [0.15, 0.2) is 0 Å². The first kappa shape index (κ1) is 19.0. The Morgan fingerprint density at radius 1 is 1.22 bits per heavy atom. The second-order valence-electron chi connectivity index (χ2n) is 6.63. The third kappa shape index (κ3) is 5.35. The number of thioether (sulfide) groups is 1. The molecular weight excluding hydrogens is 358 g/mol. The summed E-state index contributed by atoms with van der Waals surface area (Å²) in [5.41, 5.74) is 1.67. The number of rotatable bonds is 7. The van der Waals surface area contributed by atoms with Gasteiger partial charge in [0, 0.05) is 16.6 Å². The van der Waals surface area contributed by atoms with E-state index in [4.69, 9.17) is 5.26 Å². The Morgan fingerprint density at radius 2 is 2.00 bits per heavy atom. The maximum atomic E-state index is 12.6. The Balaban J connectivity index is 1.59. The summed E-state index contributed by atoms with van der Waals surface area (Å²) in [6.07, 6.45) is 2.34. The highest BCUT2D eigenvalue weighted by atomic mass is 32.2. The Bertz CT molecular complexity index is 887. The lowest BCUT2D eigenvalue weighted by molar-refractivity contribution is -0.113. The molecule has 138 valence electrons. The zero-order valence-corrected chi connectivity index (χ0v) is 15.9. The monoisotopic (exact) mass is 379 g/mol. The molecule has 0 aliphatic heterocycles. The summed E-state index contributed by atoms with van der Waals surface area (Å²) in [5, 5.41) is 14.8. The number of carbonyl (C=O) groups excluding carboxylic acids is 2. The lowest BCUT2D eigenvalue weighted by atomic mass is 10.1. The van der Waals surface area contributed by atoms with Crippen LogP contribution in [0, 0.1) is 17.2 Å². The van der Waals surface area contributed by atoms with E-state index in [1.807, 2.05) is 31.2 Å². The van der Waals surface area contributed by atoms with Crippen LogP contribution >= 0.6 is 11.8 Å². The van der Waals surface area contributed by atoms with Crippen LogP contribution in [0.25, 0.3) is 0 Å². The summed E-state index contributed by atoms with van der Waals surface area (Å²) in [6.45, 7) is 2.04. The van der Waals surface area contributed by atoms with Gasteiger partial charge in [-0.3, -0.25) is 9.59 Å². The first-order valence-electron chi connectivity index (χ1n) is 8.89. The molecule has 0 spiro atoms. The molecule has 3 rings (SSSR count). The molecule has 0 bridgehead atoms. The molecule has 2 amide bonds. The zero-order valence-electron chi connectivity index (χ0n) is 15.1. The fourth-order valence-electron chi connectivity index (χ4n) is 2.79. The first-order valence-corrected chi connectivity index (χ1v) is 9.88. The van der Waals surface area contributed by atoms with Gasteiger partial charge < -0.3 is 10.6 Å². The van der Waals surface area contributed by atoms with Crippen LogP contribution in [0.5, 0.6) is 0 Å². The van der Waals surface area contributed by atoms with Gasteiger partial charge in [0.25, 0.3) is 5.91 Å². The number of anilines is 1. The fraction of sp³-hybridized carbons (Fsp3) is 0.286. The lowest BCUT2D eigenvalue weighted by Gasteiger charge is -2.15. The zero-order chi connectivity index (χ0) is 19.2. The van der Waals surface area contributed by atoms with Crippen LogP contribution in [-0.2, 0) is 4.79 Å². The van der Waals surface area contributed by atoms with Gasteiger partial charge >= 0.3 is 0 Å². The van der Waals surface area contributed by atoms with E-state index < -0.39 is 0 Å². The van der Waals surface area contributed by atoms with E-state index in [0.717, 1.165) is 4.90 Å². The van der Waals surface area contributed by atoms with Crippen molar-refractivity contribution < 1.29 is 9.59 Å². The Morgan fingerprint density at radius 3 is 2.74 bits per heavy atom. The SMILES string of the molecule is CC(NC(=O)c1ccccc1SCC(=O)Nc1cccc(C#N)c1)C1CC1. The summed E-state index contributed by atoms with van der Waals surface area (Å²) < 4.78 is 0. The molecule has 0 saturated heterocycles. The van der Waals surface area contributed by atoms with Crippen LogP contribution in [-0.4, -0.2) is 23.6 Å². The molecule has 1 unspecified atom stereocenters. The molecule has 27 heavy (non-hydrogen) atoms. The average molecular weight is 379 g/mol. The van der Waals surface area contributed by atoms with Gasteiger partial charge in [-0.1, -0.05) is 18.2 Å². The van der Waals surface area contributed by atoms with E-state index in [-0.39, 0.29) is 23.6 Å². The smallest absolute Gasteiger partial charge is 0.252 e. The van der Waals surface area contributed by atoms with Crippen molar-refractivity contribution in [3.05, 3.63) is 59.7 Å². The van der Waals surface area contributed by atoms with Crippen molar-refractivity contribution in [2.45, 2.75) is 30.7 Å². The number of hydrogen-bond donors (Lipinski definition) is 2. The minimum atomic E-state index is -0.184. The predicted molar refractivity (Wildman–Crippen MR) is 107 cm³/mol. The van der Waals surface area contributed by atoms with Crippen LogP contribution in [0.4, 0.5) is 5.69 Å². The molecule has 1 atom stereocenters. The Hall–Kier alpha value is -2.78. The summed E-state index contributed by atoms with van der Waals surface area (Å²) in [6, 6.07) is 16.3. The highest BCUT2D eigenvalue weighted by molar-refractivity contribution is 8.00. The summed E-state index contributed by atoms with van der Waals surface area (Å²) in [7, 11) is 0. The molecule has 1 aliphatic rings. The van der Waals surface area contributed by atoms with Crippen LogP contribution in [0.15, 0.2) is 53.4 Å². The van der Waals surface area contributed by atoms with Gasteiger partial charge in [-0.25, -0.2) is 0 Å². The Labute approximate surface area is 163 Å². The molecule has 2 aromatic carbocycles. The highest BCUT2D eigenvalue weighted by Gasteiger charge is 2.29. The molecule has 6 heteroatoms. The second-order valence-corrected chi connectivity index (χ2v) is 7.64. The quantitative estimate of drug-likeness (QED) is 0.717. The van der Waals surface area contributed by atoms with Crippen molar-refractivity contribution in [2.75, 3.05) is 11.1 Å². The summed E-state index contributed by atoms with van der Waals surface area (Å²) >= 11 is 1.33. The highest BCUT2D eigenvalue weighted by Crippen LogP contribution is 2.32. The molecule has 0 heterocycles. The van der Waals surface area contributed by atoms with E-state index in [2.05, 4.69) is 10.6 Å². The number of nitrogens with one attached hydrogen (secondary N) is 2. The molecule has 1 fully saturated rings. The number of hydrogen-bond acceptors (Lipinski definition) is 4. The van der Waals surface area contributed by atoms with Gasteiger partial charge in [-0.15, -0.1) is 11.8 Å². The van der Waals surface area contributed by atoms with Crippen LogP contribution in [0.2, 0.25) is 0 Å². The minimum absolute atomic E-state index is 0.0976. The van der Waals surface area contributed by atoms with Gasteiger partial charge in [0.2, 0.25) is 5.91 Å². The number of benzene rings is 2. The number of carbonyl (C=O) groups is 2. The number of amides is 2. The molecular formula is C21H21N3O2S. The van der Waals surface area contributed by atoms with Crippen molar-refractivity contribution in [1.29, 1.82) is 5.26 Å². The number of nitrogens with zero attached hydrogens (tertiary/aromatic N) is 1. The van der Waals surface area contributed by atoms with Crippen molar-refractivity contribution in [1.82, 2.24) is 5.32 Å². The van der Waals surface area contributed by atoms with Crippen molar-refractivity contribution in [3.63, 3.8) is 0 Å². The number of nitriles is 1. The topological polar surface area (TPSA) is 82.0 Å². The molecule has 0 radical (unpaired) electrons. The Kier molecular flexibility index (Phi) is 6.15. The largest absolute Gasteiger partial charge is 0.349 e. The van der Waals surface area contributed by atoms with E-state index in [9.17, 15) is 9.59 Å². The summed E-state index contributed by atoms with van der Waals surface area (Å²) in [4.78, 5) is 25.6. The van der Waals surface area contributed by atoms with E-state index in [0.29, 0.717) is 22.7 Å². The third-order valence-corrected chi connectivity index (χ3v) is 5.53. The van der Waals surface area contributed by atoms with Crippen molar-refractivity contribution in [2.24, 2.45) is 5.92 Å². The predicted octanol–water partition coefficient (Wildman–Crippen LogP) is 3.82. The first-order chi connectivity index (χ1) is 13.1. The van der Waals surface area contributed by atoms with Crippen LogP contribution < -0.4 is 10.6 Å².